The smallest absolute Gasteiger partial charge is 0.0604 e. The van der Waals surface area contributed by atoms with Crippen molar-refractivity contribution in [3.05, 3.63) is 28.2 Å². The largest absolute Gasteiger partial charge is 0.395 e. The highest BCUT2D eigenvalue weighted by atomic mass is 79.9. The molecule has 0 radical (unpaired) electrons. The molecule has 1 N–H and O–H groups in total. The normalized spacial score (nSPS) is 23.7. The van der Waals surface area contributed by atoms with Crippen LogP contribution in [0.15, 0.2) is 22.7 Å². The third-order valence-electron chi connectivity index (χ3n) is 4.04. The van der Waals surface area contributed by atoms with Gasteiger partial charge in [0.25, 0.3) is 0 Å². The predicted octanol–water partition coefficient (Wildman–Crippen LogP) is 2.65. The first kappa shape index (κ1) is 14.8. The molecule has 4 heteroatoms. The average molecular weight is 327 g/mol. The van der Waals surface area contributed by atoms with Crippen molar-refractivity contribution in [2.75, 3.05) is 31.6 Å². The maximum Gasteiger partial charge on any atom is 0.0604 e. The molecule has 0 aliphatic carbocycles. The second-order valence-corrected chi connectivity index (χ2v) is 7.02. The minimum absolute atomic E-state index is 0.0685. The Balaban J connectivity index is 2.35. The summed E-state index contributed by atoms with van der Waals surface area (Å²) in [7, 11) is 2.09. The Hall–Kier alpha value is -0.580. The van der Waals surface area contributed by atoms with Gasteiger partial charge in [0.15, 0.2) is 0 Å². The van der Waals surface area contributed by atoms with Gasteiger partial charge in [0.05, 0.1) is 12.6 Å². The number of nitrogens with zero attached hydrogens (tertiary/aromatic N) is 2. The zero-order valence-electron chi connectivity index (χ0n) is 12.2. The lowest BCUT2D eigenvalue weighted by molar-refractivity contribution is 0.0980. The SMILES string of the molecule is Cc1cc(Br)ccc1N1CC(CO)N(C)CC1(C)C. The van der Waals surface area contributed by atoms with Crippen molar-refractivity contribution < 1.29 is 5.11 Å². The molecule has 1 aliphatic rings. The molecule has 1 heterocycles. The van der Waals surface area contributed by atoms with Gasteiger partial charge in [-0.25, -0.2) is 0 Å². The number of benzene rings is 1. The average Bonchev–Trinajstić information content (AvgIpc) is 2.29. The minimum atomic E-state index is 0.0685. The van der Waals surface area contributed by atoms with Gasteiger partial charge in [0.2, 0.25) is 0 Å². The molecule has 1 saturated heterocycles. The summed E-state index contributed by atoms with van der Waals surface area (Å²) in [5, 5.41) is 9.53. The number of aryl methyl sites for hydroxylation is 1. The molecule has 0 amide bonds. The van der Waals surface area contributed by atoms with Crippen LogP contribution >= 0.6 is 15.9 Å². The van der Waals surface area contributed by atoms with E-state index in [-0.39, 0.29) is 18.2 Å². The summed E-state index contributed by atoms with van der Waals surface area (Å²) in [6.45, 7) is 8.69. The van der Waals surface area contributed by atoms with Crippen LogP contribution in [0.3, 0.4) is 0 Å². The summed E-state index contributed by atoms with van der Waals surface area (Å²) < 4.78 is 1.11. The number of hydrogen-bond donors (Lipinski definition) is 1. The Bertz CT molecular complexity index is 461. The van der Waals surface area contributed by atoms with Gasteiger partial charge < -0.3 is 10.0 Å². The van der Waals surface area contributed by atoms with Gasteiger partial charge in [-0.15, -0.1) is 0 Å². The summed E-state index contributed by atoms with van der Waals surface area (Å²) in [6, 6.07) is 6.61. The van der Waals surface area contributed by atoms with E-state index in [9.17, 15) is 5.11 Å². The molecule has 2 rings (SSSR count). The van der Waals surface area contributed by atoms with E-state index >= 15 is 0 Å². The molecule has 1 aromatic carbocycles. The van der Waals surface area contributed by atoms with Crippen molar-refractivity contribution in [1.82, 2.24) is 4.90 Å². The lowest BCUT2D eigenvalue weighted by Gasteiger charge is -2.51. The van der Waals surface area contributed by atoms with Crippen molar-refractivity contribution in [2.45, 2.75) is 32.4 Å². The molecule has 0 aromatic heterocycles. The van der Waals surface area contributed by atoms with E-state index in [0.717, 1.165) is 17.6 Å². The number of halogens is 1. The zero-order valence-corrected chi connectivity index (χ0v) is 13.7. The Morgan fingerprint density at radius 2 is 2.11 bits per heavy atom. The third-order valence-corrected chi connectivity index (χ3v) is 4.54. The summed E-state index contributed by atoms with van der Waals surface area (Å²) >= 11 is 3.52. The standard InChI is InChI=1S/C15H23BrN2O/c1-11-7-12(16)5-6-14(11)18-8-13(9-19)17(4)10-15(18,2)3/h5-7,13,19H,8-10H2,1-4H3. The van der Waals surface area contributed by atoms with Crippen molar-refractivity contribution >= 4 is 21.6 Å². The highest BCUT2D eigenvalue weighted by molar-refractivity contribution is 9.10. The van der Waals surface area contributed by atoms with Gasteiger partial charge in [-0.2, -0.15) is 0 Å². The zero-order chi connectivity index (χ0) is 14.2. The monoisotopic (exact) mass is 326 g/mol. The summed E-state index contributed by atoms with van der Waals surface area (Å²) in [5.74, 6) is 0. The summed E-state index contributed by atoms with van der Waals surface area (Å²) in [6.07, 6.45) is 0. The van der Waals surface area contributed by atoms with E-state index in [0.29, 0.717) is 0 Å². The van der Waals surface area contributed by atoms with Crippen molar-refractivity contribution in [3.8, 4) is 0 Å². The molecule has 0 saturated carbocycles. The fourth-order valence-electron chi connectivity index (χ4n) is 2.97. The first-order valence-electron chi connectivity index (χ1n) is 6.70. The number of piperazine rings is 1. The molecule has 1 aliphatic heterocycles. The van der Waals surface area contributed by atoms with Crippen LogP contribution in [0.2, 0.25) is 0 Å². The van der Waals surface area contributed by atoms with Crippen molar-refractivity contribution in [3.63, 3.8) is 0 Å². The van der Waals surface area contributed by atoms with Crippen LogP contribution in [0.4, 0.5) is 5.69 Å². The van der Waals surface area contributed by atoms with Crippen LogP contribution in [0.1, 0.15) is 19.4 Å². The van der Waals surface area contributed by atoms with Gasteiger partial charge in [-0.05, 0) is 51.6 Å². The maximum atomic E-state index is 9.53. The van der Waals surface area contributed by atoms with Gasteiger partial charge in [0, 0.05) is 28.8 Å². The van der Waals surface area contributed by atoms with Gasteiger partial charge >= 0.3 is 0 Å². The van der Waals surface area contributed by atoms with Crippen LogP contribution in [0.5, 0.6) is 0 Å². The van der Waals surface area contributed by atoms with Gasteiger partial charge in [-0.1, -0.05) is 15.9 Å². The van der Waals surface area contributed by atoms with E-state index in [2.05, 4.69) is 71.7 Å². The van der Waals surface area contributed by atoms with E-state index in [1.165, 1.54) is 11.3 Å². The number of hydrogen-bond acceptors (Lipinski definition) is 3. The molecule has 0 spiro atoms. The molecule has 106 valence electrons. The summed E-state index contributed by atoms with van der Waals surface area (Å²) in [5.41, 5.74) is 2.60. The van der Waals surface area contributed by atoms with E-state index in [1.807, 2.05) is 0 Å². The Morgan fingerprint density at radius 1 is 1.42 bits per heavy atom. The molecule has 1 fully saturated rings. The Labute approximate surface area is 124 Å². The molecule has 3 nitrogen and oxygen atoms in total. The highest BCUT2D eigenvalue weighted by Gasteiger charge is 2.37. The number of rotatable bonds is 2. The van der Waals surface area contributed by atoms with Crippen LogP contribution in [-0.2, 0) is 0 Å². The van der Waals surface area contributed by atoms with Crippen LogP contribution in [0, 0.1) is 6.92 Å². The third kappa shape index (κ3) is 2.96. The lowest BCUT2D eigenvalue weighted by Crippen LogP contribution is -2.63. The second-order valence-electron chi connectivity index (χ2n) is 6.11. The van der Waals surface area contributed by atoms with Crippen molar-refractivity contribution in [1.29, 1.82) is 0 Å². The molecule has 19 heavy (non-hydrogen) atoms. The molecular weight excluding hydrogens is 304 g/mol. The Kier molecular flexibility index (Phi) is 4.23. The molecule has 0 bridgehead atoms. The molecular formula is C15H23BrN2O. The van der Waals surface area contributed by atoms with Gasteiger partial charge in [-0.3, -0.25) is 4.90 Å². The molecule has 1 aromatic rings. The minimum Gasteiger partial charge on any atom is -0.395 e. The quantitative estimate of drug-likeness (QED) is 0.905. The number of aliphatic hydroxyl groups is 1. The number of likely N-dealkylation sites (N-methyl/N-ethyl adjacent to an activating group) is 1. The lowest BCUT2D eigenvalue weighted by atomic mass is 9.94. The molecule has 1 atom stereocenters. The first-order valence-corrected chi connectivity index (χ1v) is 7.49. The molecule has 1 unspecified atom stereocenters. The van der Waals surface area contributed by atoms with Crippen molar-refractivity contribution in [2.24, 2.45) is 0 Å². The summed E-state index contributed by atoms with van der Waals surface area (Å²) in [4.78, 5) is 4.68. The second kappa shape index (κ2) is 5.43. The predicted molar refractivity (Wildman–Crippen MR) is 83.8 cm³/mol. The fourth-order valence-corrected chi connectivity index (χ4v) is 3.44. The van der Waals surface area contributed by atoms with E-state index in [1.54, 1.807) is 0 Å². The van der Waals surface area contributed by atoms with Crippen LogP contribution < -0.4 is 4.90 Å². The van der Waals surface area contributed by atoms with Crippen LogP contribution in [0.25, 0.3) is 0 Å². The fraction of sp³-hybridized carbons (Fsp3) is 0.600. The van der Waals surface area contributed by atoms with E-state index < -0.39 is 0 Å². The van der Waals surface area contributed by atoms with E-state index in [4.69, 9.17) is 0 Å². The number of anilines is 1. The van der Waals surface area contributed by atoms with Gasteiger partial charge in [0.1, 0.15) is 0 Å². The first-order chi connectivity index (χ1) is 8.85. The maximum absolute atomic E-state index is 9.53. The topological polar surface area (TPSA) is 26.7 Å². The Morgan fingerprint density at radius 3 is 2.68 bits per heavy atom. The highest BCUT2D eigenvalue weighted by Crippen LogP contribution is 2.33. The van der Waals surface area contributed by atoms with Crippen LogP contribution in [-0.4, -0.2) is 48.3 Å². The number of aliphatic hydroxyl groups excluding tert-OH is 1.